The van der Waals surface area contributed by atoms with Crippen LogP contribution < -0.4 is 5.32 Å². The number of nitrogens with zero attached hydrogens (tertiary/aromatic N) is 1. The van der Waals surface area contributed by atoms with Crippen LogP contribution >= 0.6 is 0 Å². The zero-order valence-corrected chi connectivity index (χ0v) is 11.1. The smallest absolute Gasteiger partial charge is 0.407 e. The lowest BCUT2D eigenvalue weighted by atomic mass is 9.84. The average Bonchev–Trinajstić information content (AvgIpc) is 2.33. The van der Waals surface area contributed by atoms with Crippen LogP contribution in [0.15, 0.2) is 5.18 Å². The molecule has 0 saturated carbocycles. The molecule has 1 aliphatic heterocycles. The van der Waals surface area contributed by atoms with Gasteiger partial charge in [0.05, 0.1) is 19.3 Å². The highest BCUT2D eigenvalue weighted by Crippen LogP contribution is 2.32. The fourth-order valence-electron chi connectivity index (χ4n) is 2.03. The largest absolute Gasteiger partial charge is 0.453 e. The van der Waals surface area contributed by atoms with Gasteiger partial charge < -0.3 is 19.5 Å². The van der Waals surface area contributed by atoms with E-state index in [2.05, 4.69) is 15.2 Å². The first-order valence-electron chi connectivity index (χ1n) is 5.34. The van der Waals surface area contributed by atoms with Crippen LogP contribution in [-0.2, 0) is 14.2 Å². The molecular weight excluding hydrogens is 239 g/mol. The van der Waals surface area contributed by atoms with Gasteiger partial charge in [0.25, 0.3) is 0 Å². The second-order valence-corrected chi connectivity index (χ2v) is 4.27. The molecule has 4 unspecified atom stereocenters. The lowest BCUT2D eigenvalue weighted by Crippen LogP contribution is -2.61. The minimum atomic E-state index is -0.980. The average molecular weight is 258 g/mol. The molecule has 1 rings (SSSR count). The first-order valence-corrected chi connectivity index (χ1v) is 5.34. The Bertz CT molecular complexity index is 304. The number of nitrogens with one attached hydrogen (secondary N) is 1. The summed E-state index contributed by atoms with van der Waals surface area (Å²) in [4.78, 5) is 22.2. The SMILES string of the molecule is COC(=O)NC1C(C)OC(OC)CC1(C)N=O.[BH]. The van der Waals surface area contributed by atoms with E-state index in [1.807, 2.05) is 0 Å². The van der Waals surface area contributed by atoms with E-state index in [-0.39, 0.29) is 14.8 Å². The van der Waals surface area contributed by atoms with Crippen LogP contribution in [0.3, 0.4) is 0 Å². The minimum Gasteiger partial charge on any atom is -0.453 e. The molecule has 102 valence electrons. The number of rotatable bonds is 3. The summed E-state index contributed by atoms with van der Waals surface area (Å²) in [5, 5.41) is 5.69. The van der Waals surface area contributed by atoms with Gasteiger partial charge in [-0.2, -0.15) is 4.91 Å². The second-order valence-electron chi connectivity index (χ2n) is 4.27. The molecule has 0 aliphatic carbocycles. The molecule has 2 radical (unpaired) electrons. The van der Waals surface area contributed by atoms with Gasteiger partial charge in [-0.15, -0.1) is 0 Å². The number of hydrogen-bond donors (Lipinski definition) is 1. The Kier molecular flexibility index (Phi) is 6.27. The normalized spacial score (nSPS) is 35.2. The number of nitroso groups, excluding NO2 is 1. The summed E-state index contributed by atoms with van der Waals surface area (Å²) in [6.07, 6.45) is -1.22. The number of methoxy groups -OCH3 is 2. The molecule has 1 fully saturated rings. The topological polar surface area (TPSA) is 86.2 Å². The summed E-state index contributed by atoms with van der Waals surface area (Å²) in [7, 11) is 2.75. The number of carbonyl (C=O) groups is 1. The van der Waals surface area contributed by atoms with Crippen molar-refractivity contribution in [3.05, 3.63) is 4.91 Å². The van der Waals surface area contributed by atoms with E-state index >= 15 is 0 Å². The molecule has 1 N–H and O–H groups in total. The van der Waals surface area contributed by atoms with Crippen molar-refractivity contribution in [2.75, 3.05) is 14.2 Å². The first kappa shape index (κ1) is 16.9. The number of hydrogen-bond acceptors (Lipinski definition) is 6. The van der Waals surface area contributed by atoms with Crippen molar-refractivity contribution >= 4 is 14.5 Å². The summed E-state index contributed by atoms with van der Waals surface area (Å²) in [5.74, 6) is 0. The standard InChI is InChI=1S/C10H18N2O5.BH/c1-6-8(11-9(13)16-4)10(2,12-14)5-7(15-3)17-6;/h6-8H,5H2,1-4H3,(H,11,13);1H. The van der Waals surface area contributed by atoms with Gasteiger partial charge in [-0.3, -0.25) is 0 Å². The predicted molar refractivity (Wildman–Crippen MR) is 66.6 cm³/mol. The Morgan fingerprint density at radius 2 is 2.11 bits per heavy atom. The summed E-state index contributed by atoms with van der Waals surface area (Å²) >= 11 is 0. The van der Waals surface area contributed by atoms with Gasteiger partial charge in [0, 0.05) is 21.9 Å². The highest BCUT2D eigenvalue weighted by Gasteiger charge is 2.48. The first-order chi connectivity index (χ1) is 7.96. The van der Waals surface area contributed by atoms with E-state index in [1.54, 1.807) is 13.8 Å². The molecule has 8 heteroatoms. The van der Waals surface area contributed by atoms with Gasteiger partial charge in [-0.1, -0.05) is 5.18 Å². The molecule has 0 spiro atoms. The number of alkyl carbamates (subject to hydrolysis) is 1. The van der Waals surface area contributed by atoms with Crippen molar-refractivity contribution in [3.63, 3.8) is 0 Å². The fourth-order valence-corrected chi connectivity index (χ4v) is 2.03. The van der Waals surface area contributed by atoms with Crippen LogP contribution in [-0.4, -0.2) is 52.7 Å². The summed E-state index contributed by atoms with van der Waals surface area (Å²) in [5.41, 5.74) is -0.980. The predicted octanol–water partition coefficient (Wildman–Crippen LogP) is 0.369. The lowest BCUT2D eigenvalue weighted by Gasteiger charge is -2.42. The van der Waals surface area contributed by atoms with Crippen LogP contribution in [0.1, 0.15) is 20.3 Å². The number of ether oxygens (including phenoxy) is 3. The van der Waals surface area contributed by atoms with E-state index in [1.165, 1.54) is 14.2 Å². The van der Waals surface area contributed by atoms with E-state index in [0.29, 0.717) is 0 Å². The molecule has 4 atom stereocenters. The molecule has 1 aliphatic rings. The molecule has 1 amide bonds. The Morgan fingerprint density at radius 1 is 1.50 bits per heavy atom. The maximum atomic E-state index is 11.2. The van der Waals surface area contributed by atoms with Gasteiger partial charge >= 0.3 is 6.09 Å². The fraction of sp³-hybridized carbons (Fsp3) is 0.900. The Balaban J connectivity index is 0.00000289. The monoisotopic (exact) mass is 258 g/mol. The third-order valence-electron chi connectivity index (χ3n) is 3.02. The van der Waals surface area contributed by atoms with Crippen LogP contribution in [0.4, 0.5) is 4.79 Å². The molecule has 18 heavy (non-hydrogen) atoms. The van der Waals surface area contributed by atoms with E-state index < -0.39 is 30.1 Å². The van der Waals surface area contributed by atoms with E-state index in [0.717, 1.165) is 0 Å². The van der Waals surface area contributed by atoms with Crippen molar-refractivity contribution in [2.45, 2.75) is 44.2 Å². The van der Waals surface area contributed by atoms with E-state index in [9.17, 15) is 9.70 Å². The van der Waals surface area contributed by atoms with Gasteiger partial charge in [-0.25, -0.2) is 4.79 Å². The maximum Gasteiger partial charge on any atom is 0.407 e. The van der Waals surface area contributed by atoms with Crippen molar-refractivity contribution in [2.24, 2.45) is 5.18 Å². The zero-order chi connectivity index (χ0) is 13.1. The summed E-state index contributed by atoms with van der Waals surface area (Å²) < 4.78 is 15.1. The van der Waals surface area contributed by atoms with Gasteiger partial charge in [0.2, 0.25) is 0 Å². The molecule has 0 aromatic rings. The highest BCUT2D eigenvalue weighted by atomic mass is 16.7. The summed E-state index contributed by atoms with van der Waals surface area (Å²) in [6.45, 7) is 3.40. The summed E-state index contributed by atoms with van der Waals surface area (Å²) in [6, 6.07) is -0.543. The highest BCUT2D eigenvalue weighted by molar-refractivity contribution is 5.75. The van der Waals surface area contributed by atoms with Gasteiger partial charge in [0.15, 0.2) is 6.29 Å². The number of carbonyl (C=O) groups excluding carboxylic acids is 1. The van der Waals surface area contributed by atoms with Crippen molar-refractivity contribution < 1.29 is 19.0 Å². The lowest BCUT2D eigenvalue weighted by molar-refractivity contribution is -0.199. The third-order valence-corrected chi connectivity index (χ3v) is 3.02. The third kappa shape index (κ3) is 3.42. The molecule has 0 aromatic heterocycles. The van der Waals surface area contributed by atoms with Crippen LogP contribution in [0.5, 0.6) is 0 Å². The molecule has 1 heterocycles. The van der Waals surface area contributed by atoms with Gasteiger partial charge in [0.1, 0.15) is 5.54 Å². The molecule has 7 nitrogen and oxygen atoms in total. The second kappa shape index (κ2) is 6.70. The maximum absolute atomic E-state index is 11.2. The van der Waals surface area contributed by atoms with E-state index in [4.69, 9.17) is 9.47 Å². The molecular formula is C10H19BN2O5. The molecule has 0 bridgehead atoms. The van der Waals surface area contributed by atoms with Crippen LogP contribution in [0, 0.1) is 4.91 Å². The Hall–Kier alpha value is -1.15. The molecule has 0 aromatic carbocycles. The van der Waals surface area contributed by atoms with Crippen molar-refractivity contribution in [1.82, 2.24) is 5.32 Å². The quantitative estimate of drug-likeness (QED) is 0.583. The van der Waals surface area contributed by atoms with Gasteiger partial charge in [-0.05, 0) is 13.8 Å². The van der Waals surface area contributed by atoms with Crippen molar-refractivity contribution in [3.8, 4) is 0 Å². The zero-order valence-electron chi connectivity index (χ0n) is 11.1. The molecule has 1 saturated heterocycles. The minimum absolute atomic E-state index is 0. The Morgan fingerprint density at radius 3 is 2.56 bits per heavy atom. The Labute approximate surface area is 108 Å². The van der Waals surface area contributed by atoms with Crippen LogP contribution in [0.2, 0.25) is 0 Å². The number of amides is 1. The van der Waals surface area contributed by atoms with Crippen molar-refractivity contribution in [1.29, 1.82) is 0 Å². The van der Waals surface area contributed by atoms with Crippen LogP contribution in [0.25, 0.3) is 0 Å².